The van der Waals surface area contributed by atoms with Crippen LogP contribution in [0.1, 0.15) is 24.5 Å². The SMILES string of the molecule is C=C(C)C(=O)OCCCOC(=O)/C=C/c1cccc(C#N)c1. The summed E-state index contributed by atoms with van der Waals surface area (Å²) in [6, 6.07) is 8.89. The van der Waals surface area contributed by atoms with E-state index in [0.29, 0.717) is 17.6 Å². The van der Waals surface area contributed by atoms with Gasteiger partial charge in [0, 0.05) is 18.1 Å². The third kappa shape index (κ3) is 6.53. The van der Waals surface area contributed by atoms with Gasteiger partial charge in [-0.25, -0.2) is 9.59 Å². The van der Waals surface area contributed by atoms with Crippen molar-refractivity contribution in [2.75, 3.05) is 13.2 Å². The fraction of sp³-hybridized carbons (Fsp3) is 0.235. The van der Waals surface area contributed by atoms with Gasteiger partial charge >= 0.3 is 11.9 Å². The Bertz CT molecular complexity index is 626. The van der Waals surface area contributed by atoms with Gasteiger partial charge in [0.25, 0.3) is 0 Å². The van der Waals surface area contributed by atoms with E-state index < -0.39 is 11.9 Å². The van der Waals surface area contributed by atoms with Crippen molar-refractivity contribution in [3.8, 4) is 6.07 Å². The fourth-order valence-corrected chi connectivity index (χ4v) is 1.44. The molecule has 0 radical (unpaired) electrons. The van der Waals surface area contributed by atoms with Crippen molar-refractivity contribution >= 4 is 18.0 Å². The van der Waals surface area contributed by atoms with Crippen LogP contribution in [-0.4, -0.2) is 25.2 Å². The van der Waals surface area contributed by atoms with Gasteiger partial charge in [0.2, 0.25) is 0 Å². The van der Waals surface area contributed by atoms with Crippen LogP contribution < -0.4 is 0 Å². The molecular formula is C17H17NO4. The Morgan fingerprint density at radius 2 is 2.05 bits per heavy atom. The molecule has 0 aliphatic carbocycles. The van der Waals surface area contributed by atoms with Gasteiger partial charge < -0.3 is 9.47 Å². The van der Waals surface area contributed by atoms with Crippen molar-refractivity contribution in [1.82, 2.24) is 0 Å². The van der Waals surface area contributed by atoms with Crippen LogP contribution in [0.5, 0.6) is 0 Å². The average Bonchev–Trinajstić information content (AvgIpc) is 2.52. The Balaban J connectivity index is 2.28. The van der Waals surface area contributed by atoms with Gasteiger partial charge in [-0.1, -0.05) is 18.7 Å². The Morgan fingerprint density at radius 3 is 2.73 bits per heavy atom. The normalized spacial score (nSPS) is 10.0. The van der Waals surface area contributed by atoms with E-state index in [9.17, 15) is 9.59 Å². The number of carbonyl (C=O) groups is 2. The van der Waals surface area contributed by atoms with Gasteiger partial charge in [0.05, 0.1) is 24.8 Å². The van der Waals surface area contributed by atoms with E-state index in [1.165, 1.54) is 6.08 Å². The summed E-state index contributed by atoms with van der Waals surface area (Å²) >= 11 is 0. The average molecular weight is 299 g/mol. The van der Waals surface area contributed by atoms with Crippen LogP contribution in [0.4, 0.5) is 0 Å². The Labute approximate surface area is 129 Å². The predicted octanol–water partition coefficient (Wildman–Crippen LogP) is 2.62. The maximum Gasteiger partial charge on any atom is 0.333 e. The van der Waals surface area contributed by atoms with Gasteiger partial charge in [-0.2, -0.15) is 5.26 Å². The molecule has 0 N–H and O–H groups in total. The molecule has 0 bridgehead atoms. The molecule has 1 aromatic carbocycles. The summed E-state index contributed by atoms with van der Waals surface area (Å²) < 4.78 is 9.82. The highest BCUT2D eigenvalue weighted by atomic mass is 16.5. The van der Waals surface area contributed by atoms with Gasteiger partial charge in [0.1, 0.15) is 0 Å². The molecule has 114 valence electrons. The Hall–Kier alpha value is -2.87. The lowest BCUT2D eigenvalue weighted by Gasteiger charge is -2.04. The van der Waals surface area contributed by atoms with E-state index in [1.807, 2.05) is 6.07 Å². The van der Waals surface area contributed by atoms with Crippen molar-refractivity contribution in [2.45, 2.75) is 13.3 Å². The number of carbonyl (C=O) groups excluding carboxylic acids is 2. The van der Waals surface area contributed by atoms with E-state index in [2.05, 4.69) is 6.58 Å². The Morgan fingerprint density at radius 1 is 1.32 bits per heavy atom. The molecule has 5 heteroatoms. The van der Waals surface area contributed by atoms with Crippen LogP contribution in [0.3, 0.4) is 0 Å². The number of benzene rings is 1. The number of nitrogens with zero attached hydrogens (tertiary/aromatic N) is 1. The van der Waals surface area contributed by atoms with Crippen molar-refractivity contribution in [3.63, 3.8) is 0 Å². The van der Waals surface area contributed by atoms with E-state index in [0.717, 1.165) is 5.56 Å². The van der Waals surface area contributed by atoms with Gasteiger partial charge in [-0.05, 0) is 30.7 Å². The highest BCUT2D eigenvalue weighted by Crippen LogP contribution is 2.06. The molecule has 1 aromatic rings. The second kappa shape index (κ2) is 9.14. The second-order valence-corrected chi connectivity index (χ2v) is 4.51. The molecule has 0 unspecified atom stereocenters. The first-order chi connectivity index (χ1) is 10.5. The van der Waals surface area contributed by atoms with Crippen molar-refractivity contribution < 1.29 is 19.1 Å². The zero-order chi connectivity index (χ0) is 16.4. The number of nitriles is 1. The highest BCUT2D eigenvalue weighted by Gasteiger charge is 2.03. The maximum absolute atomic E-state index is 11.5. The number of hydrogen-bond acceptors (Lipinski definition) is 5. The molecule has 0 fully saturated rings. The lowest BCUT2D eigenvalue weighted by molar-refractivity contribution is -0.140. The summed E-state index contributed by atoms with van der Waals surface area (Å²) in [7, 11) is 0. The highest BCUT2D eigenvalue weighted by molar-refractivity contribution is 5.87. The maximum atomic E-state index is 11.5. The van der Waals surface area contributed by atoms with Crippen LogP contribution in [0.15, 0.2) is 42.5 Å². The first kappa shape index (κ1) is 17.2. The predicted molar refractivity (Wildman–Crippen MR) is 81.5 cm³/mol. The summed E-state index contributed by atoms with van der Waals surface area (Å²) in [6.07, 6.45) is 3.28. The lowest BCUT2D eigenvalue weighted by Crippen LogP contribution is -2.09. The van der Waals surface area contributed by atoms with E-state index in [-0.39, 0.29) is 13.2 Å². The second-order valence-electron chi connectivity index (χ2n) is 4.51. The van der Waals surface area contributed by atoms with E-state index >= 15 is 0 Å². The number of hydrogen-bond donors (Lipinski definition) is 0. The minimum atomic E-state index is -0.492. The molecule has 0 spiro atoms. The van der Waals surface area contributed by atoms with Crippen LogP contribution in [0, 0.1) is 11.3 Å². The molecule has 0 atom stereocenters. The number of ether oxygens (including phenoxy) is 2. The van der Waals surface area contributed by atoms with Crippen LogP contribution in [0.2, 0.25) is 0 Å². The zero-order valence-electron chi connectivity index (χ0n) is 12.4. The minimum absolute atomic E-state index is 0.158. The first-order valence-electron chi connectivity index (χ1n) is 6.70. The molecule has 1 rings (SSSR count). The minimum Gasteiger partial charge on any atom is -0.462 e. The van der Waals surface area contributed by atoms with Crippen molar-refractivity contribution in [3.05, 3.63) is 53.6 Å². The molecule has 0 aromatic heterocycles. The quantitative estimate of drug-likeness (QED) is 0.439. The Kier molecular flexibility index (Phi) is 7.14. The third-order valence-electron chi connectivity index (χ3n) is 2.54. The molecule has 0 heterocycles. The topological polar surface area (TPSA) is 76.4 Å². The summed E-state index contributed by atoms with van der Waals surface area (Å²) in [4.78, 5) is 22.6. The summed E-state index contributed by atoms with van der Waals surface area (Å²) in [5.74, 6) is -0.947. The first-order valence-corrected chi connectivity index (χ1v) is 6.70. The molecule has 0 saturated carbocycles. The third-order valence-corrected chi connectivity index (χ3v) is 2.54. The van der Waals surface area contributed by atoms with Gasteiger partial charge in [-0.3, -0.25) is 0 Å². The number of esters is 2. The molecule has 0 saturated heterocycles. The summed E-state index contributed by atoms with van der Waals surface area (Å²) in [5, 5.41) is 8.77. The number of rotatable bonds is 7. The van der Waals surface area contributed by atoms with Crippen LogP contribution in [-0.2, 0) is 19.1 Å². The van der Waals surface area contributed by atoms with E-state index in [1.54, 1.807) is 37.3 Å². The van der Waals surface area contributed by atoms with Gasteiger partial charge in [-0.15, -0.1) is 0 Å². The molecule has 0 aliphatic rings. The van der Waals surface area contributed by atoms with E-state index in [4.69, 9.17) is 14.7 Å². The molecule has 0 aliphatic heterocycles. The smallest absolute Gasteiger partial charge is 0.333 e. The van der Waals surface area contributed by atoms with Crippen LogP contribution >= 0.6 is 0 Å². The molecular weight excluding hydrogens is 282 g/mol. The monoisotopic (exact) mass is 299 g/mol. The molecule has 5 nitrogen and oxygen atoms in total. The van der Waals surface area contributed by atoms with Crippen LogP contribution in [0.25, 0.3) is 6.08 Å². The van der Waals surface area contributed by atoms with Crippen molar-refractivity contribution in [2.24, 2.45) is 0 Å². The lowest BCUT2D eigenvalue weighted by atomic mass is 10.1. The summed E-state index contributed by atoms with van der Waals surface area (Å²) in [5.41, 5.74) is 1.60. The molecule has 0 amide bonds. The van der Waals surface area contributed by atoms with Crippen molar-refractivity contribution in [1.29, 1.82) is 5.26 Å². The van der Waals surface area contributed by atoms with Gasteiger partial charge in [0.15, 0.2) is 0 Å². The zero-order valence-corrected chi connectivity index (χ0v) is 12.4. The standard InChI is InChI=1S/C17H17NO4/c1-13(2)17(20)22-10-4-9-21-16(19)8-7-14-5-3-6-15(11-14)12-18/h3,5-8,11H,1,4,9-10H2,2H3/b8-7+. The largest absolute Gasteiger partial charge is 0.462 e. The molecule has 22 heavy (non-hydrogen) atoms. The summed E-state index contributed by atoms with van der Waals surface area (Å²) in [6.45, 7) is 5.35. The fourth-order valence-electron chi connectivity index (χ4n) is 1.44.